The smallest absolute Gasteiger partial charge is 0.0534 e. The van der Waals surface area contributed by atoms with Gasteiger partial charge in [-0.3, -0.25) is 0 Å². The van der Waals surface area contributed by atoms with Gasteiger partial charge < -0.3 is 5.73 Å². The van der Waals surface area contributed by atoms with E-state index in [1.165, 1.54) is 128 Å². The van der Waals surface area contributed by atoms with Gasteiger partial charge in [0, 0.05) is 0 Å². The van der Waals surface area contributed by atoms with Gasteiger partial charge in [0.05, 0.1) is 5.02 Å². The fourth-order valence-electron chi connectivity index (χ4n) is 7.64. The molecule has 168 valence electrons. The van der Waals surface area contributed by atoms with Crippen molar-refractivity contribution in [2.45, 2.75) is 163 Å². The molecule has 0 spiro atoms. The second-order valence-corrected chi connectivity index (χ2v) is 17.8. The molecule has 0 radical (unpaired) electrons. The van der Waals surface area contributed by atoms with Crippen LogP contribution in [0.5, 0.6) is 0 Å². The maximum absolute atomic E-state index is 7.79. The van der Waals surface area contributed by atoms with E-state index >= 15 is 0 Å². The molecule has 4 aliphatic carbocycles. The Kier molecular flexibility index (Phi) is 8.80. The lowest BCUT2D eigenvalue weighted by Gasteiger charge is -2.55. The fourth-order valence-corrected chi connectivity index (χ4v) is 18.5. The van der Waals surface area contributed by atoms with Gasteiger partial charge in [-0.2, -0.15) is 0 Å². The molecule has 0 unspecified atom stereocenters. The topological polar surface area (TPSA) is 26.0 Å². The Labute approximate surface area is 184 Å². The zero-order valence-electron chi connectivity index (χ0n) is 19.4. The molecule has 4 fully saturated rings. The molecule has 0 aliphatic heterocycles. The first-order valence-corrected chi connectivity index (χ1v) is 16.5. The number of hydrogen-bond acceptors (Lipinski definition) is 1. The fraction of sp³-hybridized carbons (Fsp3) is 1.00. The average molecular weight is 438 g/mol. The van der Waals surface area contributed by atoms with E-state index in [1.807, 2.05) is 0 Å². The van der Waals surface area contributed by atoms with E-state index in [0.717, 1.165) is 22.6 Å². The van der Waals surface area contributed by atoms with Crippen molar-refractivity contribution >= 4 is 15.8 Å². The van der Waals surface area contributed by atoms with Gasteiger partial charge in [0.15, 0.2) is 0 Å². The van der Waals surface area contributed by atoms with E-state index in [-0.39, 0.29) is 20.9 Å². The Balaban J connectivity index is 1.63. The van der Waals surface area contributed by atoms with Gasteiger partial charge in [-0.05, 0) is 80.9 Å². The molecule has 0 aromatic heterocycles. The van der Waals surface area contributed by atoms with Gasteiger partial charge in [0.1, 0.15) is 0 Å². The summed E-state index contributed by atoms with van der Waals surface area (Å²) in [5.74, 6) is 0. The van der Waals surface area contributed by atoms with Crippen LogP contribution in [-0.2, 0) is 0 Å². The maximum Gasteiger partial charge on any atom is 0.0534 e. The summed E-state index contributed by atoms with van der Waals surface area (Å²) in [5, 5.41) is 0.193. The average Bonchev–Trinajstić information content (AvgIpc) is 2.77. The second-order valence-electron chi connectivity index (χ2n) is 11.1. The van der Waals surface area contributed by atoms with Crippen LogP contribution in [0.25, 0.3) is 0 Å². The lowest BCUT2D eigenvalue weighted by molar-refractivity contribution is 0.470. The second kappa shape index (κ2) is 11.1. The summed E-state index contributed by atoms with van der Waals surface area (Å²) in [6.45, 7) is 2.65. The van der Waals surface area contributed by atoms with Crippen LogP contribution in [0.2, 0.25) is 0 Å². The van der Waals surface area contributed by atoms with E-state index in [0.29, 0.717) is 0 Å². The molecule has 0 atom stereocenters. The predicted octanol–water partition coefficient (Wildman–Crippen LogP) is 8.91. The molecule has 29 heavy (non-hydrogen) atoms. The molecule has 4 rings (SSSR count). The molecule has 0 bridgehead atoms. The Morgan fingerprint density at radius 3 is 0.862 bits per heavy atom. The van der Waals surface area contributed by atoms with Crippen molar-refractivity contribution < 1.29 is 0 Å². The lowest BCUT2D eigenvalue weighted by Crippen LogP contribution is -2.45. The van der Waals surface area contributed by atoms with Crippen LogP contribution < -0.4 is 5.73 Å². The van der Waals surface area contributed by atoms with Crippen molar-refractivity contribution in [3.63, 3.8) is 0 Å². The van der Waals surface area contributed by atoms with Gasteiger partial charge in [-0.1, -0.05) is 92.9 Å². The summed E-state index contributed by atoms with van der Waals surface area (Å²) in [5.41, 5.74) is 11.8. The summed E-state index contributed by atoms with van der Waals surface area (Å²) in [6.07, 6.45) is 30.1. The summed E-state index contributed by atoms with van der Waals surface area (Å²) in [6, 6.07) is 0. The van der Waals surface area contributed by atoms with E-state index in [1.54, 1.807) is 0 Å². The van der Waals surface area contributed by atoms with Crippen molar-refractivity contribution in [3.05, 3.63) is 0 Å². The number of rotatable bonds is 6. The Bertz CT molecular complexity index is 391. The van der Waals surface area contributed by atoms with Gasteiger partial charge >= 0.3 is 0 Å². The van der Waals surface area contributed by atoms with Crippen molar-refractivity contribution in [3.8, 4) is 0 Å². The first-order valence-electron chi connectivity index (χ1n) is 13.5. The van der Waals surface area contributed by atoms with Crippen LogP contribution in [-0.4, -0.2) is 27.7 Å². The molecule has 1 nitrogen and oxygen atoms in total. The van der Waals surface area contributed by atoms with E-state index in [4.69, 9.17) is 5.73 Å². The quantitative estimate of drug-likeness (QED) is 0.412. The third-order valence-corrected chi connectivity index (χ3v) is 17.6. The van der Waals surface area contributed by atoms with Crippen LogP contribution in [0.1, 0.15) is 135 Å². The molecular formula is C26H49NP2. The number of nitrogens with two attached hydrogens (primary N) is 1. The first kappa shape index (κ1) is 23.0. The van der Waals surface area contributed by atoms with Gasteiger partial charge in [-0.15, -0.1) is 0 Å². The third kappa shape index (κ3) is 5.60. The molecular weight excluding hydrogens is 388 g/mol. The maximum atomic E-state index is 7.79. The molecule has 4 aliphatic rings. The van der Waals surface area contributed by atoms with Crippen LogP contribution in [0.4, 0.5) is 0 Å². The highest BCUT2D eigenvalue weighted by molar-refractivity contribution is 7.78. The summed E-state index contributed by atoms with van der Waals surface area (Å²) in [7, 11) is -0.0453. The van der Waals surface area contributed by atoms with Crippen LogP contribution in [0.3, 0.4) is 0 Å². The van der Waals surface area contributed by atoms with E-state index in [2.05, 4.69) is 6.92 Å². The number of hydrogen-bond donors (Lipinski definition) is 1. The molecule has 0 aromatic rings. The summed E-state index contributed by atoms with van der Waals surface area (Å²) < 4.78 is 0. The largest absolute Gasteiger partial charge is 0.318 e. The molecule has 2 N–H and O–H groups in total. The minimum atomic E-state index is -0.0226. The molecule has 0 heterocycles. The van der Waals surface area contributed by atoms with Gasteiger partial charge in [0.2, 0.25) is 0 Å². The van der Waals surface area contributed by atoms with Crippen LogP contribution >= 0.6 is 15.8 Å². The Morgan fingerprint density at radius 1 is 0.448 bits per heavy atom. The SMILES string of the molecule is CC(N)(P(C1CCCCC1)C1CCCCC1)P(C1CCCCC1)C1CCCCC1. The van der Waals surface area contributed by atoms with Crippen LogP contribution in [0.15, 0.2) is 0 Å². The minimum absolute atomic E-state index is 0.0226. The first-order chi connectivity index (χ1) is 14.2. The zero-order valence-corrected chi connectivity index (χ0v) is 21.2. The molecule has 0 saturated heterocycles. The van der Waals surface area contributed by atoms with Gasteiger partial charge in [-0.25, -0.2) is 0 Å². The summed E-state index contributed by atoms with van der Waals surface area (Å²) >= 11 is 0. The highest BCUT2D eigenvalue weighted by Gasteiger charge is 2.50. The van der Waals surface area contributed by atoms with E-state index in [9.17, 15) is 0 Å². The van der Waals surface area contributed by atoms with Gasteiger partial charge in [0.25, 0.3) is 0 Å². The van der Waals surface area contributed by atoms with Crippen LogP contribution in [0, 0.1) is 0 Å². The van der Waals surface area contributed by atoms with E-state index < -0.39 is 0 Å². The monoisotopic (exact) mass is 437 g/mol. The van der Waals surface area contributed by atoms with Crippen molar-refractivity contribution in [1.82, 2.24) is 0 Å². The zero-order chi connectivity index (χ0) is 20.1. The van der Waals surface area contributed by atoms with Crippen molar-refractivity contribution in [1.29, 1.82) is 0 Å². The molecule has 0 aromatic carbocycles. The normalized spacial score (nSPS) is 27.7. The Morgan fingerprint density at radius 2 is 0.655 bits per heavy atom. The highest BCUT2D eigenvalue weighted by atomic mass is 31.2. The highest BCUT2D eigenvalue weighted by Crippen LogP contribution is 2.76. The standard InChI is InChI=1S/C26H49NP2/c1-26(27,28(22-14-6-2-7-15-22)23-16-8-3-9-17-23)29(24-18-10-4-11-19-24)25-20-12-5-13-21-25/h22-25H,2-21,27H2,1H3. The molecule has 0 amide bonds. The molecule has 3 heteroatoms. The lowest BCUT2D eigenvalue weighted by atomic mass is 9.99. The van der Waals surface area contributed by atoms with Crippen molar-refractivity contribution in [2.24, 2.45) is 5.73 Å². The molecule has 4 saturated carbocycles. The predicted molar refractivity (Wildman–Crippen MR) is 134 cm³/mol. The Hall–Kier alpha value is 0.820. The third-order valence-electron chi connectivity index (χ3n) is 8.92. The minimum Gasteiger partial charge on any atom is -0.318 e. The summed E-state index contributed by atoms with van der Waals surface area (Å²) in [4.78, 5) is 0. The van der Waals surface area contributed by atoms with Crippen molar-refractivity contribution in [2.75, 3.05) is 0 Å².